The molecule has 4 heteroatoms. The number of nitrogens with zero attached hydrogens (tertiary/aromatic N) is 1. The van der Waals surface area contributed by atoms with Gasteiger partial charge in [0.05, 0.1) is 6.42 Å². The average molecular weight is 311 g/mol. The molecule has 0 aliphatic carbocycles. The Morgan fingerprint density at radius 1 is 1.18 bits per heavy atom. The van der Waals surface area contributed by atoms with Gasteiger partial charge in [-0.15, -0.1) is 11.3 Å². The van der Waals surface area contributed by atoms with Gasteiger partial charge in [-0.3, -0.25) is 4.79 Å². The van der Waals surface area contributed by atoms with Crippen molar-refractivity contribution in [1.29, 1.82) is 0 Å². The monoisotopic (exact) mass is 311 g/mol. The lowest BCUT2D eigenvalue weighted by Crippen LogP contribution is -2.06. The van der Waals surface area contributed by atoms with Crippen LogP contribution in [0.15, 0.2) is 29.6 Å². The minimum atomic E-state index is -0.828. The molecule has 0 fully saturated rings. The molecular weight excluding hydrogens is 294 g/mol. The van der Waals surface area contributed by atoms with Gasteiger partial charge in [0.25, 0.3) is 0 Å². The predicted molar refractivity (Wildman–Crippen MR) is 90.6 cm³/mol. The quantitative estimate of drug-likeness (QED) is 0.774. The second-order valence-corrected chi connectivity index (χ2v) is 6.44. The maximum absolute atomic E-state index is 11.3. The molecule has 3 rings (SSSR count). The fraction of sp³-hybridized carbons (Fsp3) is 0.222. The Morgan fingerprint density at radius 3 is 2.50 bits per heavy atom. The molecule has 0 atom stereocenters. The molecule has 3 nitrogen and oxygen atoms in total. The Balaban J connectivity index is 2.38. The van der Waals surface area contributed by atoms with Crippen molar-refractivity contribution < 1.29 is 9.90 Å². The fourth-order valence-electron chi connectivity index (χ4n) is 2.77. The van der Waals surface area contributed by atoms with Crippen LogP contribution in [0.25, 0.3) is 21.3 Å². The van der Waals surface area contributed by atoms with Gasteiger partial charge in [-0.05, 0) is 48.4 Å². The summed E-state index contributed by atoms with van der Waals surface area (Å²) in [7, 11) is 0. The van der Waals surface area contributed by atoms with Crippen molar-refractivity contribution in [2.24, 2.45) is 0 Å². The van der Waals surface area contributed by atoms with Crippen molar-refractivity contribution in [3.63, 3.8) is 0 Å². The first kappa shape index (κ1) is 14.7. The number of thiophene rings is 1. The van der Waals surface area contributed by atoms with Gasteiger partial charge in [0.15, 0.2) is 0 Å². The topological polar surface area (TPSA) is 50.2 Å². The number of benzene rings is 1. The normalized spacial score (nSPS) is 11.0. The summed E-state index contributed by atoms with van der Waals surface area (Å²) in [6.07, 6.45) is -0.00668. The summed E-state index contributed by atoms with van der Waals surface area (Å²) in [5.74, 6) is -0.828. The molecule has 2 aromatic heterocycles. The highest BCUT2D eigenvalue weighted by Gasteiger charge is 2.19. The van der Waals surface area contributed by atoms with Crippen molar-refractivity contribution in [2.45, 2.75) is 27.2 Å². The van der Waals surface area contributed by atoms with Crippen molar-refractivity contribution >= 4 is 27.5 Å². The zero-order valence-electron chi connectivity index (χ0n) is 12.8. The highest BCUT2D eigenvalue weighted by atomic mass is 32.1. The van der Waals surface area contributed by atoms with E-state index < -0.39 is 5.97 Å². The first-order valence-corrected chi connectivity index (χ1v) is 8.01. The Hall–Kier alpha value is -2.20. The molecule has 2 heterocycles. The van der Waals surface area contributed by atoms with Gasteiger partial charge in [0, 0.05) is 11.1 Å². The number of hydrogen-bond acceptors (Lipinski definition) is 3. The van der Waals surface area contributed by atoms with Gasteiger partial charge in [0.1, 0.15) is 4.83 Å². The predicted octanol–water partition coefficient (Wildman–Crippen LogP) is 4.52. The molecular formula is C18H17NO2S. The van der Waals surface area contributed by atoms with Gasteiger partial charge >= 0.3 is 5.97 Å². The van der Waals surface area contributed by atoms with Crippen LogP contribution in [-0.4, -0.2) is 16.1 Å². The zero-order valence-corrected chi connectivity index (χ0v) is 13.6. The Bertz CT molecular complexity index is 863. The van der Waals surface area contributed by atoms with E-state index in [0.717, 1.165) is 38.2 Å². The summed E-state index contributed by atoms with van der Waals surface area (Å²) in [6.45, 7) is 5.99. The number of hydrogen-bond donors (Lipinski definition) is 1. The first-order chi connectivity index (χ1) is 10.5. The molecule has 1 aromatic carbocycles. The lowest BCUT2D eigenvalue weighted by atomic mass is 9.92. The van der Waals surface area contributed by atoms with E-state index in [1.165, 1.54) is 5.56 Å². The number of carboxylic acid groups (broad SMARTS) is 1. The molecule has 0 saturated carbocycles. The standard InChI is InChI=1S/C18H17NO2S/c1-10-4-6-13(7-5-10)17-14(8-15(20)21)12(3)19-18-16(17)11(2)9-22-18/h4-7,9H,8H2,1-3H3,(H,20,21). The van der Waals surface area contributed by atoms with Gasteiger partial charge < -0.3 is 5.11 Å². The minimum absolute atomic E-state index is 0.00668. The van der Waals surface area contributed by atoms with E-state index in [2.05, 4.69) is 41.6 Å². The summed E-state index contributed by atoms with van der Waals surface area (Å²) in [6, 6.07) is 8.24. The summed E-state index contributed by atoms with van der Waals surface area (Å²) >= 11 is 1.61. The van der Waals surface area contributed by atoms with Crippen molar-refractivity contribution in [3.05, 3.63) is 52.0 Å². The Kier molecular flexibility index (Phi) is 3.71. The summed E-state index contributed by atoms with van der Waals surface area (Å²) in [5.41, 5.74) is 6.02. The smallest absolute Gasteiger partial charge is 0.307 e. The molecule has 0 bridgehead atoms. The number of aliphatic carboxylic acids is 1. The van der Waals surface area contributed by atoms with Crippen LogP contribution in [0, 0.1) is 20.8 Å². The van der Waals surface area contributed by atoms with Gasteiger partial charge in [-0.2, -0.15) is 0 Å². The molecule has 0 aliphatic heterocycles. The van der Waals surface area contributed by atoms with Gasteiger partial charge in [0.2, 0.25) is 0 Å². The highest BCUT2D eigenvalue weighted by molar-refractivity contribution is 7.17. The number of pyridine rings is 1. The number of fused-ring (bicyclic) bond motifs is 1. The van der Waals surface area contributed by atoms with E-state index in [4.69, 9.17) is 0 Å². The van der Waals surface area contributed by atoms with Crippen molar-refractivity contribution in [2.75, 3.05) is 0 Å². The van der Waals surface area contributed by atoms with Crippen LogP contribution < -0.4 is 0 Å². The highest BCUT2D eigenvalue weighted by Crippen LogP contribution is 2.38. The molecule has 0 unspecified atom stereocenters. The SMILES string of the molecule is Cc1ccc(-c2c(CC(=O)O)c(C)nc3scc(C)c23)cc1. The second-order valence-electron chi connectivity index (χ2n) is 5.59. The molecule has 1 N–H and O–H groups in total. The van der Waals surface area contributed by atoms with Crippen LogP contribution in [0.1, 0.15) is 22.4 Å². The molecule has 0 spiro atoms. The van der Waals surface area contributed by atoms with Crippen LogP contribution in [-0.2, 0) is 11.2 Å². The molecule has 3 aromatic rings. The van der Waals surface area contributed by atoms with Crippen LogP contribution in [0.4, 0.5) is 0 Å². The third-order valence-corrected chi connectivity index (χ3v) is 4.87. The fourth-order valence-corrected chi connectivity index (χ4v) is 3.75. The van der Waals surface area contributed by atoms with Crippen LogP contribution in [0.5, 0.6) is 0 Å². The largest absolute Gasteiger partial charge is 0.481 e. The van der Waals surface area contributed by atoms with Gasteiger partial charge in [-0.1, -0.05) is 29.8 Å². The zero-order chi connectivity index (χ0) is 15.9. The van der Waals surface area contributed by atoms with E-state index in [1.54, 1.807) is 11.3 Å². The lowest BCUT2D eigenvalue weighted by Gasteiger charge is -2.14. The number of carbonyl (C=O) groups is 1. The molecule has 112 valence electrons. The maximum Gasteiger partial charge on any atom is 0.307 e. The molecule has 0 radical (unpaired) electrons. The van der Waals surface area contributed by atoms with E-state index in [0.29, 0.717) is 0 Å². The third kappa shape index (κ3) is 2.50. The second kappa shape index (κ2) is 5.54. The number of aryl methyl sites for hydroxylation is 3. The molecule has 22 heavy (non-hydrogen) atoms. The number of carboxylic acids is 1. The van der Waals surface area contributed by atoms with Crippen LogP contribution in [0.2, 0.25) is 0 Å². The Morgan fingerprint density at radius 2 is 1.86 bits per heavy atom. The molecule has 0 aliphatic rings. The first-order valence-electron chi connectivity index (χ1n) is 7.13. The summed E-state index contributed by atoms with van der Waals surface area (Å²) < 4.78 is 0. The van der Waals surface area contributed by atoms with E-state index >= 15 is 0 Å². The summed E-state index contributed by atoms with van der Waals surface area (Å²) in [4.78, 5) is 16.9. The van der Waals surface area contributed by atoms with Gasteiger partial charge in [-0.25, -0.2) is 4.98 Å². The van der Waals surface area contributed by atoms with Crippen LogP contribution >= 0.6 is 11.3 Å². The van der Waals surface area contributed by atoms with E-state index in [1.807, 2.05) is 13.8 Å². The molecule has 0 amide bonds. The lowest BCUT2D eigenvalue weighted by molar-refractivity contribution is -0.136. The van der Waals surface area contributed by atoms with E-state index in [9.17, 15) is 9.90 Å². The Labute approximate surface area is 133 Å². The average Bonchev–Trinajstić information content (AvgIpc) is 2.82. The van der Waals surface area contributed by atoms with Crippen molar-refractivity contribution in [1.82, 2.24) is 4.98 Å². The summed E-state index contributed by atoms with van der Waals surface area (Å²) in [5, 5.41) is 12.4. The third-order valence-electron chi connectivity index (χ3n) is 3.88. The maximum atomic E-state index is 11.3. The molecule has 0 saturated heterocycles. The van der Waals surface area contributed by atoms with Crippen LogP contribution in [0.3, 0.4) is 0 Å². The van der Waals surface area contributed by atoms with Crippen molar-refractivity contribution in [3.8, 4) is 11.1 Å². The minimum Gasteiger partial charge on any atom is -0.481 e. The number of aromatic nitrogens is 1. The van der Waals surface area contributed by atoms with E-state index in [-0.39, 0.29) is 6.42 Å². The number of rotatable bonds is 3.